The average Bonchev–Trinajstić information content (AvgIpc) is 3.12. The SMILES string of the molecule is Cc1ccc(-c2cc(C(=O)NCCN3CCOC3=O)c3ccccc3n2)cc1. The van der Waals surface area contributed by atoms with Gasteiger partial charge in [-0.15, -0.1) is 0 Å². The highest BCUT2D eigenvalue weighted by molar-refractivity contribution is 6.07. The summed E-state index contributed by atoms with van der Waals surface area (Å²) in [6, 6.07) is 17.5. The fraction of sp³-hybridized carbons (Fsp3) is 0.227. The molecule has 1 aromatic heterocycles. The molecule has 1 fully saturated rings. The second kappa shape index (κ2) is 7.68. The molecule has 0 bridgehead atoms. The molecular weight excluding hydrogens is 354 g/mol. The Morgan fingerprint density at radius 1 is 1.18 bits per heavy atom. The second-order valence-corrected chi connectivity index (χ2v) is 6.80. The third-order valence-corrected chi connectivity index (χ3v) is 4.82. The van der Waals surface area contributed by atoms with Gasteiger partial charge in [-0.2, -0.15) is 0 Å². The maximum atomic E-state index is 12.9. The van der Waals surface area contributed by atoms with Crippen LogP contribution in [-0.4, -0.2) is 48.1 Å². The van der Waals surface area contributed by atoms with Gasteiger partial charge in [0.05, 0.1) is 23.3 Å². The van der Waals surface area contributed by atoms with Crippen LogP contribution in [-0.2, 0) is 4.74 Å². The Morgan fingerprint density at radius 2 is 1.96 bits per heavy atom. The first kappa shape index (κ1) is 18.0. The van der Waals surface area contributed by atoms with Gasteiger partial charge in [0.2, 0.25) is 0 Å². The van der Waals surface area contributed by atoms with Gasteiger partial charge in [0.1, 0.15) is 6.61 Å². The molecule has 6 heteroatoms. The van der Waals surface area contributed by atoms with Gasteiger partial charge in [-0.25, -0.2) is 9.78 Å². The summed E-state index contributed by atoms with van der Waals surface area (Å²) in [4.78, 5) is 30.7. The minimum Gasteiger partial charge on any atom is -0.448 e. The molecule has 2 aromatic carbocycles. The van der Waals surface area contributed by atoms with E-state index in [4.69, 9.17) is 9.72 Å². The summed E-state index contributed by atoms with van der Waals surface area (Å²) in [5.74, 6) is -0.181. The van der Waals surface area contributed by atoms with Gasteiger partial charge < -0.3 is 15.0 Å². The highest BCUT2D eigenvalue weighted by atomic mass is 16.6. The Bertz CT molecular complexity index is 1030. The van der Waals surface area contributed by atoms with Crippen molar-refractivity contribution in [1.29, 1.82) is 0 Å². The molecule has 142 valence electrons. The number of hydrogen-bond donors (Lipinski definition) is 1. The fourth-order valence-corrected chi connectivity index (χ4v) is 3.26. The second-order valence-electron chi connectivity index (χ2n) is 6.80. The third-order valence-electron chi connectivity index (χ3n) is 4.82. The van der Waals surface area contributed by atoms with Gasteiger partial charge in [0.25, 0.3) is 5.91 Å². The van der Waals surface area contributed by atoms with Gasteiger partial charge in [-0.1, -0.05) is 48.0 Å². The Morgan fingerprint density at radius 3 is 2.71 bits per heavy atom. The summed E-state index contributed by atoms with van der Waals surface area (Å²) in [7, 11) is 0. The molecule has 2 heterocycles. The van der Waals surface area contributed by atoms with Crippen LogP contribution in [0.1, 0.15) is 15.9 Å². The molecule has 2 amide bonds. The van der Waals surface area contributed by atoms with Crippen molar-refractivity contribution < 1.29 is 14.3 Å². The molecule has 1 aliphatic heterocycles. The van der Waals surface area contributed by atoms with Crippen molar-refractivity contribution in [3.63, 3.8) is 0 Å². The number of nitrogens with zero attached hydrogens (tertiary/aromatic N) is 2. The van der Waals surface area contributed by atoms with Crippen molar-refractivity contribution in [3.05, 3.63) is 65.7 Å². The van der Waals surface area contributed by atoms with Crippen LogP contribution in [0.25, 0.3) is 22.2 Å². The molecule has 28 heavy (non-hydrogen) atoms. The average molecular weight is 375 g/mol. The summed E-state index contributed by atoms with van der Waals surface area (Å²) >= 11 is 0. The number of carbonyl (C=O) groups excluding carboxylic acids is 2. The van der Waals surface area contributed by atoms with Crippen LogP contribution in [0.4, 0.5) is 4.79 Å². The summed E-state index contributed by atoms with van der Waals surface area (Å²) in [6.45, 7) is 3.79. The lowest BCUT2D eigenvalue weighted by molar-refractivity contribution is 0.0950. The van der Waals surface area contributed by atoms with Crippen LogP contribution in [0.3, 0.4) is 0 Å². The number of pyridine rings is 1. The fourth-order valence-electron chi connectivity index (χ4n) is 3.26. The number of fused-ring (bicyclic) bond motifs is 1. The van der Waals surface area contributed by atoms with E-state index in [1.807, 2.05) is 61.5 Å². The van der Waals surface area contributed by atoms with Crippen LogP contribution < -0.4 is 5.32 Å². The first-order valence-corrected chi connectivity index (χ1v) is 9.28. The van der Waals surface area contributed by atoms with Crippen molar-refractivity contribution in [2.24, 2.45) is 0 Å². The minimum atomic E-state index is -0.328. The van der Waals surface area contributed by atoms with E-state index in [-0.39, 0.29) is 12.0 Å². The predicted molar refractivity (Wildman–Crippen MR) is 107 cm³/mol. The zero-order valence-corrected chi connectivity index (χ0v) is 15.6. The lowest BCUT2D eigenvalue weighted by atomic mass is 10.0. The van der Waals surface area contributed by atoms with Gasteiger partial charge in [-0.05, 0) is 19.1 Å². The number of nitrogens with one attached hydrogen (secondary N) is 1. The molecule has 0 unspecified atom stereocenters. The highest BCUT2D eigenvalue weighted by Gasteiger charge is 2.21. The Balaban J connectivity index is 1.60. The number of carbonyl (C=O) groups is 2. The summed E-state index contributed by atoms with van der Waals surface area (Å²) in [5, 5.41) is 3.71. The molecule has 4 rings (SSSR count). The number of benzene rings is 2. The van der Waals surface area contributed by atoms with Crippen molar-refractivity contribution in [2.75, 3.05) is 26.2 Å². The van der Waals surface area contributed by atoms with Crippen molar-refractivity contribution >= 4 is 22.9 Å². The highest BCUT2D eigenvalue weighted by Crippen LogP contribution is 2.25. The molecule has 1 N–H and O–H groups in total. The molecule has 6 nitrogen and oxygen atoms in total. The predicted octanol–water partition coefficient (Wildman–Crippen LogP) is 3.39. The topological polar surface area (TPSA) is 71.5 Å². The van der Waals surface area contributed by atoms with E-state index in [9.17, 15) is 9.59 Å². The van der Waals surface area contributed by atoms with E-state index in [0.717, 1.165) is 22.2 Å². The summed E-state index contributed by atoms with van der Waals surface area (Å²) in [5.41, 5.74) is 4.24. The maximum Gasteiger partial charge on any atom is 0.409 e. The van der Waals surface area contributed by atoms with Gasteiger partial charge in [0.15, 0.2) is 0 Å². The molecule has 0 radical (unpaired) electrons. The van der Waals surface area contributed by atoms with Crippen LogP contribution >= 0.6 is 0 Å². The zero-order chi connectivity index (χ0) is 19.5. The first-order chi connectivity index (χ1) is 13.6. The number of hydrogen-bond acceptors (Lipinski definition) is 4. The van der Waals surface area contributed by atoms with Crippen LogP contribution in [0.2, 0.25) is 0 Å². The van der Waals surface area contributed by atoms with Crippen molar-refractivity contribution in [2.45, 2.75) is 6.92 Å². The number of cyclic esters (lactones) is 1. The van der Waals surface area contributed by atoms with Crippen molar-refractivity contribution in [3.8, 4) is 11.3 Å². The van der Waals surface area contributed by atoms with E-state index < -0.39 is 0 Å². The summed E-state index contributed by atoms with van der Waals surface area (Å²) in [6.07, 6.45) is -0.328. The molecule has 1 saturated heterocycles. The third kappa shape index (κ3) is 3.67. The van der Waals surface area contributed by atoms with Crippen LogP contribution in [0.5, 0.6) is 0 Å². The molecule has 0 saturated carbocycles. The van der Waals surface area contributed by atoms with Crippen molar-refractivity contribution in [1.82, 2.24) is 15.2 Å². The van der Waals surface area contributed by atoms with Crippen LogP contribution in [0.15, 0.2) is 54.6 Å². The van der Waals surface area contributed by atoms with Gasteiger partial charge >= 0.3 is 6.09 Å². The molecule has 1 aliphatic rings. The molecular formula is C22H21N3O3. The van der Waals surface area contributed by atoms with E-state index in [1.54, 1.807) is 4.90 Å². The number of para-hydroxylation sites is 1. The van der Waals surface area contributed by atoms with Crippen LogP contribution in [0, 0.1) is 6.92 Å². The van der Waals surface area contributed by atoms with E-state index >= 15 is 0 Å². The Kier molecular flexibility index (Phi) is 4.93. The van der Waals surface area contributed by atoms with E-state index in [2.05, 4.69) is 5.32 Å². The van der Waals surface area contributed by atoms with Gasteiger partial charge in [-0.3, -0.25) is 4.79 Å². The molecule has 0 aliphatic carbocycles. The lowest BCUT2D eigenvalue weighted by Crippen LogP contribution is -2.35. The molecule has 0 atom stereocenters. The number of aromatic nitrogens is 1. The van der Waals surface area contributed by atoms with E-state index in [1.165, 1.54) is 5.56 Å². The Labute approximate surface area is 163 Å². The number of amides is 2. The first-order valence-electron chi connectivity index (χ1n) is 9.28. The van der Waals surface area contributed by atoms with E-state index in [0.29, 0.717) is 31.8 Å². The normalized spacial score (nSPS) is 13.6. The smallest absolute Gasteiger partial charge is 0.409 e. The summed E-state index contributed by atoms with van der Waals surface area (Å²) < 4.78 is 4.90. The minimum absolute atomic E-state index is 0.181. The maximum absolute atomic E-state index is 12.9. The molecule has 3 aromatic rings. The number of aryl methyl sites for hydroxylation is 1. The number of ether oxygens (including phenoxy) is 1. The van der Waals surface area contributed by atoms with Gasteiger partial charge in [0, 0.05) is 24.0 Å². The molecule has 0 spiro atoms. The largest absolute Gasteiger partial charge is 0.448 e. The standard InChI is InChI=1S/C22H21N3O3/c1-15-6-8-16(9-7-15)20-14-18(17-4-2-3-5-19(17)24-20)21(26)23-10-11-25-12-13-28-22(25)27/h2-9,14H,10-13H2,1H3,(H,23,26). The zero-order valence-electron chi connectivity index (χ0n) is 15.6. The monoisotopic (exact) mass is 375 g/mol. The quantitative estimate of drug-likeness (QED) is 0.742. The number of rotatable bonds is 5. The lowest BCUT2D eigenvalue weighted by Gasteiger charge is -2.14. The Hall–Kier alpha value is -3.41.